The molecule has 0 amide bonds. The van der Waals surface area contributed by atoms with Gasteiger partial charge in [-0.3, -0.25) is 4.98 Å². The normalized spacial score (nSPS) is 14.6. The van der Waals surface area contributed by atoms with Crippen LogP contribution in [0.1, 0.15) is 36.1 Å². The lowest BCUT2D eigenvalue weighted by molar-refractivity contribution is 0.577. The lowest BCUT2D eigenvalue weighted by Crippen LogP contribution is -2.30. The average molecular weight is 354 g/mol. The molecular formula is C25H26N2. The molecule has 2 heteroatoms. The molecule has 1 aromatic heterocycles. The van der Waals surface area contributed by atoms with Crippen LogP contribution in [0.15, 0.2) is 66.9 Å². The number of rotatable bonds is 4. The Morgan fingerprint density at radius 2 is 1.52 bits per heavy atom. The first kappa shape index (κ1) is 17.5. The number of aromatic nitrogens is 1. The van der Waals surface area contributed by atoms with E-state index < -0.39 is 0 Å². The van der Waals surface area contributed by atoms with Crippen LogP contribution in [0.5, 0.6) is 0 Å². The average Bonchev–Trinajstić information content (AvgIpc) is 2.75. The lowest BCUT2D eigenvalue weighted by atomic mass is 10.0. The molecule has 1 aliphatic rings. The fourth-order valence-corrected chi connectivity index (χ4v) is 3.69. The maximum Gasteiger partial charge on any atom is 0.0650 e. The second-order valence-corrected chi connectivity index (χ2v) is 7.26. The second-order valence-electron chi connectivity index (χ2n) is 7.26. The van der Waals surface area contributed by atoms with Crippen LogP contribution in [0.3, 0.4) is 0 Å². The van der Waals surface area contributed by atoms with Gasteiger partial charge in [-0.25, -0.2) is 0 Å². The standard InChI is InChI=1S/C25H26N2/c1-20-19-26-24(18-25(20)27-16-6-3-7-17-27)15-12-21-10-13-23(14-11-21)22-8-4-2-5-9-22/h2,4-5,8-15,18-19H,3,6-7,16-17H2,1H3/b15-12-. The van der Waals surface area contributed by atoms with Gasteiger partial charge in [0.25, 0.3) is 0 Å². The van der Waals surface area contributed by atoms with E-state index in [-0.39, 0.29) is 0 Å². The molecule has 0 saturated carbocycles. The molecule has 2 nitrogen and oxygen atoms in total. The summed E-state index contributed by atoms with van der Waals surface area (Å²) < 4.78 is 0. The van der Waals surface area contributed by atoms with Gasteiger partial charge in [0.2, 0.25) is 0 Å². The quantitative estimate of drug-likeness (QED) is 0.553. The van der Waals surface area contributed by atoms with Crippen LogP contribution in [0, 0.1) is 6.92 Å². The molecule has 3 aromatic rings. The van der Waals surface area contributed by atoms with Crippen LogP contribution in [0.25, 0.3) is 23.3 Å². The van der Waals surface area contributed by atoms with Gasteiger partial charge in [-0.1, -0.05) is 60.7 Å². The number of hydrogen-bond donors (Lipinski definition) is 0. The second kappa shape index (κ2) is 8.22. The zero-order valence-corrected chi connectivity index (χ0v) is 15.9. The lowest BCUT2D eigenvalue weighted by Gasteiger charge is -2.30. The van der Waals surface area contributed by atoms with Crippen LogP contribution < -0.4 is 4.90 Å². The van der Waals surface area contributed by atoms with Crippen molar-refractivity contribution in [3.05, 3.63) is 83.7 Å². The van der Waals surface area contributed by atoms with Crippen molar-refractivity contribution in [2.24, 2.45) is 0 Å². The Hall–Kier alpha value is -2.87. The summed E-state index contributed by atoms with van der Waals surface area (Å²) in [6.07, 6.45) is 10.2. The molecule has 1 saturated heterocycles. The van der Waals surface area contributed by atoms with Crippen molar-refractivity contribution in [2.45, 2.75) is 26.2 Å². The van der Waals surface area contributed by atoms with Crippen LogP contribution in [0.2, 0.25) is 0 Å². The largest absolute Gasteiger partial charge is 0.371 e. The van der Waals surface area contributed by atoms with Crippen LogP contribution >= 0.6 is 0 Å². The monoisotopic (exact) mass is 354 g/mol. The maximum absolute atomic E-state index is 4.60. The minimum atomic E-state index is 1.02. The number of nitrogens with zero attached hydrogens (tertiary/aromatic N) is 2. The molecule has 4 rings (SSSR count). The molecule has 0 bridgehead atoms. The van der Waals surface area contributed by atoms with E-state index in [2.05, 4.69) is 83.6 Å². The maximum atomic E-state index is 4.60. The highest BCUT2D eigenvalue weighted by atomic mass is 15.1. The number of benzene rings is 2. The molecule has 1 aliphatic heterocycles. The summed E-state index contributed by atoms with van der Waals surface area (Å²) in [6, 6.07) is 21.4. The molecule has 2 heterocycles. The fraction of sp³-hybridized carbons (Fsp3) is 0.240. The summed E-state index contributed by atoms with van der Waals surface area (Å²) in [5, 5.41) is 0. The molecule has 136 valence electrons. The summed E-state index contributed by atoms with van der Waals surface area (Å²) in [5.74, 6) is 0. The van der Waals surface area contributed by atoms with Gasteiger partial charge in [0.1, 0.15) is 0 Å². The fourth-order valence-electron chi connectivity index (χ4n) is 3.69. The molecule has 0 unspecified atom stereocenters. The first-order valence-electron chi connectivity index (χ1n) is 9.85. The van der Waals surface area contributed by atoms with E-state index in [1.807, 2.05) is 12.3 Å². The molecule has 27 heavy (non-hydrogen) atoms. The van der Waals surface area contributed by atoms with Gasteiger partial charge in [-0.05, 0) is 60.6 Å². The Balaban J connectivity index is 1.51. The number of anilines is 1. The first-order chi connectivity index (χ1) is 13.3. The predicted molar refractivity (Wildman–Crippen MR) is 116 cm³/mol. The Kier molecular flexibility index (Phi) is 5.34. The molecular weight excluding hydrogens is 328 g/mol. The molecule has 0 aliphatic carbocycles. The Morgan fingerprint density at radius 3 is 2.26 bits per heavy atom. The van der Waals surface area contributed by atoms with Crippen LogP contribution in [-0.4, -0.2) is 18.1 Å². The predicted octanol–water partition coefficient (Wildman–Crippen LogP) is 6.22. The Bertz CT molecular complexity index is 905. The van der Waals surface area contributed by atoms with Gasteiger partial charge in [-0.2, -0.15) is 0 Å². The summed E-state index contributed by atoms with van der Waals surface area (Å²) in [5.41, 5.74) is 7.31. The molecule has 0 N–H and O–H groups in total. The number of aryl methyl sites for hydroxylation is 1. The van der Waals surface area contributed by atoms with Crippen LogP contribution in [0.4, 0.5) is 5.69 Å². The highest BCUT2D eigenvalue weighted by molar-refractivity contribution is 5.72. The molecule has 0 radical (unpaired) electrons. The number of piperidine rings is 1. The van der Waals surface area contributed by atoms with E-state index in [0.29, 0.717) is 0 Å². The third kappa shape index (κ3) is 4.28. The van der Waals surface area contributed by atoms with E-state index >= 15 is 0 Å². The van der Waals surface area contributed by atoms with Crippen molar-refractivity contribution in [3.8, 4) is 11.1 Å². The van der Waals surface area contributed by atoms with Crippen molar-refractivity contribution >= 4 is 17.8 Å². The van der Waals surface area contributed by atoms with Gasteiger partial charge >= 0.3 is 0 Å². The minimum Gasteiger partial charge on any atom is -0.371 e. The van der Waals surface area contributed by atoms with Crippen molar-refractivity contribution in [3.63, 3.8) is 0 Å². The highest BCUT2D eigenvalue weighted by Crippen LogP contribution is 2.25. The van der Waals surface area contributed by atoms with E-state index in [9.17, 15) is 0 Å². The number of hydrogen-bond acceptors (Lipinski definition) is 2. The smallest absolute Gasteiger partial charge is 0.0650 e. The van der Waals surface area contributed by atoms with E-state index in [0.717, 1.165) is 18.8 Å². The van der Waals surface area contributed by atoms with E-state index in [1.54, 1.807) is 0 Å². The van der Waals surface area contributed by atoms with E-state index in [1.165, 1.54) is 47.2 Å². The van der Waals surface area contributed by atoms with Crippen molar-refractivity contribution < 1.29 is 0 Å². The summed E-state index contributed by atoms with van der Waals surface area (Å²) in [6.45, 7) is 4.48. The Morgan fingerprint density at radius 1 is 0.815 bits per heavy atom. The Labute approximate surface area is 162 Å². The van der Waals surface area contributed by atoms with Crippen LogP contribution in [-0.2, 0) is 0 Å². The molecule has 0 spiro atoms. The van der Waals surface area contributed by atoms with Crippen molar-refractivity contribution in [1.29, 1.82) is 0 Å². The van der Waals surface area contributed by atoms with Gasteiger partial charge in [0, 0.05) is 25.0 Å². The first-order valence-corrected chi connectivity index (χ1v) is 9.85. The minimum absolute atomic E-state index is 1.02. The topological polar surface area (TPSA) is 16.1 Å². The summed E-state index contributed by atoms with van der Waals surface area (Å²) >= 11 is 0. The van der Waals surface area contributed by atoms with Gasteiger partial charge < -0.3 is 4.90 Å². The van der Waals surface area contributed by atoms with Gasteiger partial charge in [-0.15, -0.1) is 0 Å². The van der Waals surface area contributed by atoms with Gasteiger partial charge in [0.05, 0.1) is 5.69 Å². The van der Waals surface area contributed by atoms with Gasteiger partial charge in [0.15, 0.2) is 0 Å². The zero-order chi connectivity index (χ0) is 18.5. The molecule has 1 fully saturated rings. The van der Waals surface area contributed by atoms with Crippen molar-refractivity contribution in [1.82, 2.24) is 4.98 Å². The van der Waals surface area contributed by atoms with Crippen molar-refractivity contribution in [2.75, 3.05) is 18.0 Å². The SMILES string of the molecule is Cc1cnc(/C=C\c2ccc(-c3ccccc3)cc2)cc1N1CCCCC1. The number of pyridine rings is 1. The third-order valence-corrected chi connectivity index (χ3v) is 5.26. The summed E-state index contributed by atoms with van der Waals surface area (Å²) in [4.78, 5) is 7.11. The highest BCUT2D eigenvalue weighted by Gasteiger charge is 2.13. The van der Waals surface area contributed by atoms with E-state index in [4.69, 9.17) is 0 Å². The molecule has 2 aromatic carbocycles. The molecule has 0 atom stereocenters. The summed E-state index contributed by atoms with van der Waals surface area (Å²) in [7, 11) is 0. The third-order valence-electron chi connectivity index (χ3n) is 5.26. The zero-order valence-electron chi connectivity index (χ0n) is 15.9.